The van der Waals surface area contributed by atoms with Gasteiger partial charge in [-0.1, -0.05) is 17.7 Å². The highest BCUT2D eigenvalue weighted by atomic mass is 35.5. The lowest BCUT2D eigenvalue weighted by Gasteiger charge is -2.13. The molecule has 0 unspecified atom stereocenters. The first-order valence-corrected chi connectivity index (χ1v) is 7.86. The second-order valence-electron chi connectivity index (χ2n) is 5.10. The minimum Gasteiger partial charge on any atom is -0.497 e. The molecule has 0 aromatic heterocycles. The van der Waals surface area contributed by atoms with Gasteiger partial charge in [0, 0.05) is 6.07 Å². The van der Waals surface area contributed by atoms with E-state index in [1.165, 1.54) is 7.11 Å². The van der Waals surface area contributed by atoms with Gasteiger partial charge in [0.05, 0.1) is 29.9 Å². The fourth-order valence-electron chi connectivity index (χ4n) is 1.99. The van der Waals surface area contributed by atoms with Crippen molar-refractivity contribution in [3.8, 4) is 11.5 Å². The van der Waals surface area contributed by atoms with Crippen molar-refractivity contribution < 1.29 is 27.4 Å². The van der Waals surface area contributed by atoms with Crippen molar-refractivity contribution in [3.63, 3.8) is 0 Å². The van der Waals surface area contributed by atoms with E-state index in [4.69, 9.17) is 21.1 Å². The van der Waals surface area contributed by atoms with Gasteiger partial charge < -0.3 is 20.1 Å². The fraction of sp³-hybridized carbons (Fsp3) is 0.235. The van der Waals surface area contributed by atoms with E-state index >= 15 is 0 Å². The summed E-state index contributed by atoms with van der Waals surface area (Å²) in [7, 11) is 1.53. The SMILES string of the molecule is COc1cccc(OCCNC(=O)Nc2cc(C(F)(F)F)ccc2Cl)c1. The minimum absolute atomic E-state index is 0.000723. The van der Waals surface area contributed by atoms with E-state index in [2.05, 4.69) is 10.6 Å². The second-order valence-corrected chi connectivity index (χ2v) is 5.51. The van der Waals surface area contributed by atoms with Gasteiger partial charge in [-0.2, -0.15) is 13.2 Å². The minimum atomic E-state index is -4.53. The summed E-state index contributed by atoms with van der Waals surface area (Å²) in [5.74, 6) is 1.19. The Bertz CT molecular complexity index is 769. The van der Waals surface area contributed by atoms with E-state index in [-0.39, 0.29) is 23.9 Å². The summed E-state index contributed by atoms with van der Waals surface area (Å²) in [6.07, 6.45) is -4.53. The number of rotatable bonds is 6. The van der Waals surface area contributed by atoms with Crippen molar-refractivity contribution in [1.29, 1.82) is 0 Å². The van der Waals surface area contributed by atoms with Crippen molar-refractivity contribution in [2.45, 2.75) is 6.18 Å². The van der Waals surface area contributed by atoms with Gasteiger partial charge in [0.15, 0.2) is 0 Å². The Labute approximate surface area is 153 Å². The third kappa shape index (κ3) is 5.73. The lowest BCUT2D eigenvalue weighted by Crippen LogP contribution is -2.32. The molecule has 0 atom stereocenters. The van der Waals surface area contributed by atoms with Crippen molar-refractivity contribution in [3.05, 3.63) is 53.1 Å². The maximum absolute atomic E-state index is 12.7. The van der Waals surface area contributed by atoms with Gasteiger partial charge in [0.25, 0.3) is 0 Å². The van der Waals surface area contributed by atoms with Crippen LogP contribution >= 0.6 is 11.6 Å². The molecule has 0 saturated carbocycles. The summed E-state index contributed by atoms with van der Waals surface area (Å²) in [5.41, 5.74) is -1.04. The maximum atomic E-state index is 12.7. The molecule has 0 spiro atoms. The number of nitrogens with one attached hydrogen (secondary N) is 2. The standard InChI is InChI=1S/C17H16ClF3N2O3/c1-25-12-3-2-4-13(10-12)26-8-7-22-16(24)23-15-9-11(17(19,20)21)5-6-14(15)18/h2-6,9-10H,7-8H2,1H3,(H2,22,23,24). The summed E-state index contributed by atoms with van der Waals surface area (Å²) in [5, 5.41) is 4.75. The number of benzene rings is 2. The van der Waals surface area contributed by atoms with E-state index in [9.17, 15) is 18.0 Å². The molecule has 5 nitrogen and oxygen atoms in total. The van der Waals surface area contributed by atoms with Crippen LogP contribution in [0.2, 0.25) is 5.02 Å². The predicted molar refractivity (Wildman–Crippen MR) is 92.0 cm³/mol. The van der Waals surface area contributed by atoms with E-state index < -0.39 is 17.8 Å². The molecule has 2 N–H and O–H groups in total. The highest BCUT2D eigenvalue weighted by Gasteiger charge is 2.31. The van der Waals surface area contributed by atoms with Gasteiger partial charge in [0.1, 0.15) is 18.1 Å². The molecule has 9 heteroatoms. The largest absolute Gasteiger partial charge is 0.497 e. The van der Waals surface area contributed by atoms with E-state index in [0.717, 1.165) is 18.2 Å². The summed E-state index contributed by atoms with van der Waals surface area (Å²) in [6.45, 7) is 0.302. The van der Waals surface area contributed by atoms with Crippen LogP contribution in [0, 0.1) is 0 Å². The van der Waals surface area contributed by atoms with Crippen LogP contribution in [0.5, 0.6) is 11.5 Å². The molecule has 0 aliphatic heterocycles. The lowest BCUT2D eigenvalue weighted by molar-refractivity contribution is -0.137. The zero-order chi connectivity index (χ0) is 19.2. The zero-order valence-electron chi connectivity index (χ0n) is 13.7. The molecule has 0 radical (unpaired) electrons. The molecule has 0 fully saturated rings. The van der Waals surface area contributed by atoms with Crippen LogP contribution in [0.25, 0.3) is 0 Å². The predicted octanol–water partition coefficient (Wildman–Crippen LogP) is 4.57. The van der Waals surface area contributed by atoms with Gasteiger partial charge in [-0.05, 0) is 30.3 Å². The first kappa shape index (κ1) is 19.7. The number of hydrogen-bond acceptors (Lipinski definition) is 3. The summed E-state index contributed by atoms with van der Waals surface area (Å²) in [4.78, 5) is 11.8. The number of anilines is 1. The van der Waals surface area contributed by atoms with Gasteiger partial charge in [-0.3, -0.25) is 0 Å². The summed E-state index contributed by atoms with van der Waals surface area (Å²) in [6, 6.07) is 8.92. The van der Waals surface area contributed by atoms with Crippen LogP contribution in [0.4, 0.5) is 23.7 Å². The summed E-state index contributed by atoms with van der Waals surface area (Å²) < 4.78 is 48.6. The monoisotopic (exact) mass is 388 g/mol. The van der Waals surface area contributed by atoms with Gasteiger partial charge in [0.2, 0.25) is 0 Å². The van der Waals surface area contributed by atoms with Gasteiger partial charge in [-0.15, -0.1) is 0 Å². The van der Waals surface area contributed by atoms with Crippen LogP contribution in [0.3, 0.4) is 0 Å². The third-order valence-corrected chi connectivity index (χ3v) is 3.57. The molecule has 140 valence electrons. The Balaban J connectivity index is 1.83. The molecule has 2 rings (SSSR count). The van der Waals surface area contributed by atoms with Crippen LogP contribution in [0.1, 0.15) is 5.56 Å². The van der Waals surface area contributed by atoms with Crippen molar-refractivity contribution in [1.82, 2.24) is 5.32 Å². The van der Waals surface area contributed by atoms with Crippen molar-refractivity contribution >= 4 is 23.3 Å². The van der Waals surface area contributed by atoms with Gasteiger partial charge >= 0.3 is 12.2 Å². The van der Waals surface area contributed by atoms with Crippen molar-refractivity contribution in [2.75, 3.05) is 25.6 Å². The van der Waals surface area contributed by atoms with E-state index in [1.807, 2.05) is 0 Å². The molecule has 0 bridgehead atoms. The Hall–Kier alpha value is -2.61. The molecule has 0 heterocycles. The number of urea groups is 1. The Morgan fingerprint density at radius 3 is 2.58 bits per heavy atom. The number of methoxy groups -OCH3 is 1. The molecule has 26 heavy (non-hydrogen) atoms. The van der Waals surface area contributed by atoms with E-state index in [0.29, 0.717) is 11.5 Å². The highest BCUT2D eigenvalue weighted by molar-refractivity contribution is 6.33. The van der Waals surface area contributed by atoms with Crippen LogP contribution in [-0.2, 0) is 6.18 Å². The quantitative estimate of drug-likeness (QED) is 0.713. The molecule has 0 aliphatic rings. The lowest BCUT2D eigenvalue weighted by atomic mass is 10.2. The van der Waals surface area contributed by atoms with Gasteiger partial charge in [-0.25, -0.2) is 4.79 Å². The first-order valence-electron chi connectivity index (χ1n) is 7.48. The van der Waals surface area contributed by atoms with Crippen molar-refractivity contribution in [2.24, 2.45) is 0 Å². The Kier molecular flexibility index (Phi) is 6.57. The molecule has 0 aliphatic carbocycles. The zero-order valence-corrected chi connectivity index (χ0v) is 14.4. The number of alkyl halides is 3. The molecule has 2 aromatic carbocycles. The molecule has 2 amide bonds. The Morgan fingerprint density at radius 1 is 1.15 bits per heavy atom. The number of carbonyl (C=O) groups is 1. The average molecular weight is 389 g/mol. The second kappa shape index (κ2) is 8.66. The molecule has 2 aromatic rings. The molecule has 0 saturated heterocycles. The van der Waals surface area contributed by atoms with Crippen LogP contribution in [0.15, 0.2) is 42.5 Å². The fourth-order valence-corrected chi connectivity index (χ4v) is 2.15. The summed E-state index contributed by atoms with van der Waals surface area (Å²) >= 11 is 5.81. The number of halogens is 4. The highest BCUT2D eigenvalue weighted by Crippen LogP contribution is 2.33. The number of carbonyl (C=O) groups excluding carboxylic acids is 1. The number of amides is 2. The van der Waals surface area contributed by atoms with E-state index in [1.54, 1.807) is 24.3 Å². The normalized spacial score (nSPS) is 11.0. The molecular formula is C17H16ClF3N2O3. The third-order valence-electron chi connectivity index (χ3n) is 3.24. The average Bonchev–Trinajstić information content (AvgIpc) is 2.60. The smallest absolute Gasteiger partial charge is 0.416 e. The van der Waals surface area contributed by atoms with Crippen LogP contribution in [-0.4, -0.2) is 26.3 Å². The topological polar surface area (TPSA) is 59.6 Å². The number of hydrogen-bond donors (Lipinski definition) is 2. The van der Waals surface area contributed by atoms with Crippen LogP contribution < -0.4 is 20.1 Å². The Morgan fingerprint density at radius 2 is 1.88 bits per heavy atom. The molecular weight excluding hydrogens is 373 g/mol. The first-order chi connectivity index (χ1) is 12.3. The number of ether oxygens (including phenoxy) is 2. The maximum Gasteiger partial charge on any atom is 0.416 e.